The average Bonchev–Trinajstić information content (AvgIpc) is 3.25. The van der Waals surface area contributed by atoms with Crippen LogP contribution in [-0.2, 0) is 24.6 Å². The molecule has 1 aliphatic heterocycles. The van der Waals surface area contributed by atoms with Gasteiger partial charge in [-0.15, -0.1) is 0 Å². The molecule has 2 N–H and O–H groups in total. The minimum absolute atomic E-state index is 0.192. The summed E-state index contributed by atoms with van der Waals surface area (Å²) in [6, 6.07) is 5.69. The minimum atomic E-state index is -3.43. The van der Waals surface area contributed by atoms with E-state index in [1.165, 1.54) is 14.2 Å². The molecule has 3 rings (SSSR count). The molecule has 0 radical (unpaired) electrons. The number of benzene rings is 1. The van der Waals surface area contributed by atoms with Crippen LogP contribution in [0.25, 0.3) is 10.9 Å². The molecule has 1 atom stereocenters. The number of rotatable bonds is 8. The summed E-state index contributed by atoms with van der Waals surface area (Å²) >= 11 is 0. The van der Waals surface area contributed by atoms with Crippen LogP contribution in [0.4, 0.5) is 0 Å². The third-order valence-corrected chi connectivity index (χ3v) is 6.16. The van der Waals surface area contributed by atoms with Crippen molar-refractivity contribution in [2.24, 2.45) is 0 Å². The number of hydrogen-bond donors (Lipinski definition) is 2. The molecule has 1 aliphatic rings. The molecule has 1 fully saturated rings. The van der Waals surface area contributed by atoms with Crippen LogP contribution in [0.3, 0.4) is 0 Å². The molecular formula is C17H25N2O5P. The molecule has 1 saturated heterocycles. The first-order chi connectivity index (χ1) is 12.1. The molecule has 0 unspecified atom stereocenters. The van der Waals surface area contributed by atoms with Gasteiger partial charge < -0.3 is 10.1 Å². The summed E-state index contributed by atoms with van der Waals surface area (Å²) in [4.78, 5) is 5.53. The van der Waals surface area contributed by atoms with E-state index in [0.29, 0.717) is 12.4 Å². The second kappa shape index (κ2) is 7.89. The highest BCUT2D eigenvalue weighted by atomic mass is 31.2. The number of likely N-dealkylation sites (tertiary alicyclic amines) is 1. The topological polar surface area (TPSA) is 84.0 Å². The van der Waals surface area contributed by atoms with Crippen LogP contribution in [0.15, 0.2) is 24.4 Å². The number of H-pyrrole nitrogens is 1. The lowest BCUT2D eigenvalue weighted by molar-refractivity contribution is 0.113. The minimum Gasteiger partial charge on any atom is -0.507 e. The van der Waals surface area contributed by atoms with Gasteiger partial charge >= 0.3 is 7.82 Å². The van der Waals surface area contributed by atoms with Crippen molar-refractivity contribution in [3.63, 3.8) is 0 Å². The third kappa shape index (κ3) is 4.07. The van der Waals surface area contributed by atoms with E-state index >= 15 is 0 Å². The molecule has 1 aromatic carbocycles. The standard InChI is InChI=1S/C17H25N2O5P/c1-22-25(21,23-2)24-12-14-5-4-9-19(14)10-8-13-11-18-15-6-3-7-16(20)17(13)15/h3,6-7,11,14,18,20H,4-5,8-10,12H2,1-2H3/t14-/m0/s1. The molecule has 0 bridgehead atoms. The maximum absolute atomic E-state index is 12.0. The van der Waals surface area contributed by atoms with Gasteiger partial charge in [0.05, 0.1) is 6.61 Å². The SMILES string of the molecule is COP(=O)(OC)OC[C@@H]1CCCN1CCc1c[nH]c2cccc(O)c12. The van der Waals surface area contributed by atoms with Crippen molar-refractivity contribution in [3.8, 4) is 5.75 Å². The van der Waals surface area contributed by atoms with Crippen LogP contribution in [0.5, 0.6) is 5.75 Å². The number of fused-ring (bicyclic) bond motifs is 1. The summed E-state index contributed by atoms with van der Waals surface area (Å²) in [7, 11) is -0.792. The van der Waals surface area contributed by atoms with Crippen molar-refractivity contribution in [1.29, 1.82) is 0 Å². The first-order valence-corrected chi connectivity index (χ1v) is 9.90. The second-order valence-corrected chi connectivity index (χ2v) is 8.09. The maximum atomic E-state index is 12.0. The van der Waals surface area contributed by atoms with Gasteiger partial charge in [-0.25, -0.2) is 4.57 Å². The Morgan fingerprint density at radius 3 is 2.92 bits per heavy atom. The Balaban J connectivity index is 1.61. The monoisotopic (exact) mass is 368 g/mol. The summed E-state index contributed by atoms with van der Waals surface area (Å²) in [6.45, 7) is 2.14. The van der Waals surface area contributed by atoms with Gasteiger partial charge in [0.2, 0.25) is 0 Å². The van der Waals surface area contributed by atoms with E-state index in [0.717, 1.165) is 48.8 Å². The Morgan fingerprint density at radius 2 is 2.16 bits per heavy atom. The molecule has 0 saturated carbocycles. The summed E-state index contributed by atoms with van der Waals surface area (Å²) < 4.78 is 27.1. The average molecular weight is 368 g/mol. The maximum Gasteiger partial charge on any atom is 0.474 e. The lowest BCUT2D eigenvalue weighted by atomic mass is 10.1. The van der Waals surface area contributed by atoms with E-state index in [4.69, 9.17) is 13.6 Å². The molecule has 0 spiro atoms. The Kier molecular flexibility index (Phi) is 5.81. The van der Waals surface area contributed by atoms with Crippen LogP contribution in [-0.4, -0.2) is 54.9 Å². The van der Waals surface area contributed by atoms with Crippen LogP contribution < -0.4 is 0 Å². The van der Waals surface area contributed by atoms with Crippen molar-refractivity contribution in [2.45, 2.75) is 25.3 Å². The predicted octanol–water partition coefficient (Wildman–Crippen LogP) is 3.30. The number of phenolic OH excluding ortho intramolecular Hbond substituents is 1. The van der Waals surface area contributed by atoms with E-state index in [2.05, 4.69) is 9.88 Å². The summed E-state index contributed by atoms with van der Waals surface area (Å²) in [5.41, 5.74) is 2.04. The van der Waals surface area contributed by atoms with Crippen molar-refractivity contribution in [2.75, 3.05) is 33.9 Å². The predicted molar refractivity (Wildman–Crippen MR) is 95.8 cm³/mol. The zero-order chi connectivity index (χ0) is 17.9. The zero-order valence-corrected chi connectivity index (χ0v) is 15.5. The lowest BCUT2D eigenvalue weighted by Crippen LogP contribution is -2.34. The first-order valence-electron chi connectivity index (χ1n) is 8.44. The van der Waals surface area contributed by atoms with E-state index in [-0.39, 0.29) is 6.04 Å². The van der Waals surface area contributed by atoms with E-state index < -0.39 is 7.82 Å². The van der Waals surface area contributed by atoms with Crippen LogP contribution in [0, 0.1) is 0 Å². The molecule has 25 heavy (non-hydrogen) atoms. The third-order valence-electron chi connectivity index (χ3n) is 4.81. The van der Waals surface area contributed by atoms with Gasteiger partial charge in [0.25, 0.3) is 0 Å². The van der Waals surface area contributed by atoms with E-state index in [9.17, 15) is 9.67 Å². The summed E-state index contributed by atoms with van der Waals surface area (Å²) in [5, 5.41) is 11.0. The number of hydrogen-bond acceptors (Lipinski definition) is 6. The fraction of sp³-hybridized carbons (Fsp3) is 0.529. The van der Waals surface area contributed by atoms with E-state index in [1.807, 2.05) is 18.3 Å². The van der Waals surface area contributed by atoms with Gasteiger partial charge in [0.1, 0.15) is 5.75 Å². The lowest BCUT2D eigenvalue weighted by Gasteiger charge is -2.25. The molecule has 7 nitrogen and oxygen atoms in total. The Labute approximate surface area is 147 Å². The van der Waals surface area contributed by atoms with Crippen LogP contribution >= 0.6 is 7.82 Å². The van der Waals surface area contributed by atoms with Gasteiger partial charge in [0, 0.05) is 43.9 Å². The van der Waals surface area contributed by atoms with Gasteiger partial charge in [-0.1, -0.05) is 6.07 Å². The Hall–Kier alpha value is -1.37. The number of nitrogens with zero attached hydrogens (tertiary/aromatic N) is 1. The highest BCUT2D eigenvalue weighted by molar-refractivity contribution is 7.48. The molecule has 138 valence electrons. The fourth-order valence-electron chi connectivity index (χ4n) is 3.43. The number of nitrogens with one attached hydrogen (secondary N) is 1. The quantitative estimate of drug-likeness (QED) is 0.696. The molecule has 0 amide bonds. The van der Waals surface area contributed by atoms with Crippen LogP contribution in [0.1, 0.15) is 18.4 Å². The number of aromatic nitrogens is 1. The number of aromatic hydroxyl groups is 1. The highest BCUT2D eigenvalue weighted by Crippen LogP contribution is 2.48. The molecule has 0 aliphatic carbocycles. The van der Waals surface area contributed by atoms with Crippen molar-refractivity contribution in [1.82, 2.24) is 9.88 Å². The smallest absolute Gasteiger partial charge is 0.474 e. The van der Waals surface area contributed by atoms with E-state index in [1.54, 1.807) is 6.07 Å². The summed E-state index contributed by atoms with van der Waals surface area (Å²) in [5.74, 6) is 0.302. The van der Waals surface area contributed by atoms with Crippen molar-refractivity contribution in [3.05, 3.63) is 30.0 Å². The van der Waals surface area contributed by atoms with Gasteiger partial charge in [-0.3, -0.25) is 18.5 Å². The fourth-order valence-corrected chi connectivity index (χ4v) is 4.15. The molecule has 1 aromatic heterocycles. The van der Waals surface area contributed by atoms with Crippen molar-refractivity contribution < 1.29 is 23.2 Å². The number of phosphoric acid groups is 1. The molecule has 2 aromatic rings. The summed E-state index contributed by atoms with van der Waals surface area (Å²) in [6.07, 6.45) is 4.85. The number of phenols is 1. The molecular weight excluding hydrogens is 343 g/mol. The van der Waals surface area contributed by atoms with Crippen molar-refractivity contribution >= 4 is 18.7 Å². The first kappa shape index (κ1) is 18.4. The number of phosphoric ester groups is 1. The molecule has 2 heterocycles. The molecule has 8 heteroatoms. The Bertz CT molecular complexity index is 755. The highest BCUT2D eigenvalue weighted by Gasteiger charge is 2.30. The number of aromatic amines is 1. The van der Waals surface area contributed by atoms with Gasteiger partial charge in [0.15, 0.2) is 0 Å². The Morgan fingerprint density at radius 1 is 1.36 bits per heavy atom. The van der Waals surface area contributed by atoms with Gasteiger partial charge in [-0.05, 0) is 43.5 Å². The van der Waals surface area contributed by atoms with Gasteiger partial charge in [-0.2, -0.15) is 0 Å². The largest absolute Gasteiger partial charge is 0.507 e. The normalized spacial score (nSPS) is 19.0. The van der Waals surface area contributed by atoms with Crippen LogP contribution in [0.2, 0.25) is 0 Å². The second-order valence-electron chi connectivity index (χ2n) is 6.20. The zero-order valence-electron chi connectivity index (χ0n) is 14.6.